The Balaban J connectivity index is 0.000000640. The lowest BCUT2D eigenvalue weighted by Gasteiger charge is -1.79. The Morgan fingerprint density at radius 2 is 1.89 bits per heavy atom. The monoisotopic (exact) mass is 136 g/mol. The van der Waals surface area contributed by atoms with Crippen LogP contribution in [0.25, 0.3) is 0 Å². The molecule has 0 aliphatic carbocycles. The fourth-order valence-corrected chi connectivity index (χ4v) is 0.439. The van der Waals surface area contributed by atoms with Gasteiger partial charge in [0.15, 0.2) is 17.4 Å². The van der Waals surface area contributed by atoms with Crippen molar-refractivity contribution in [2.24, 2.45) is 5.18 Å². The molecule has 1 aromatic rings. The first-order chi connectivity index (χ1) is 3.93. The van der Waals surface area contributed by atoms with Crippen LogP contribution in [0.5, 0.6) is 0 Å². The highest BCUT2D eigenvalue weighted by Gasteiger charge is 1.81. The Morgan fingerprint density at radius 3 is 2.22 bits per heavy atom. The van der Waals surface area contributed by atoms with Crippen molar-refractivity contribution in [3.05, 3.63) is 35.2 Å². The van der Waals surface area contributed by atoms with Gasteiger partial charge in [0.1, 0.15) is 5.69 Å². The van der Waals surface area contributed by atoms with E-state index in [0.717, 1.165) is 0 Å². The molecule has 0 saturated carbocycles. The van der Waals surface area contributed by atoms with Crippen molar-refractivity contribution in [2.75, 3.05) is 0 Å². The SMILES string of the molecule is O=Nc1cc[c]cc1.[AlH3]. The zero-order valence-corrected chi connectivity index (χ0v) is 4.16. The Labute approximate surface area is 64.0 Å². The van der Waals surface area contributed by atoms with Gasteiger partial charge in [0, 0.05) is 0 Å². The van der Waals surface area contributed by atoms with Crippen molar-refractivity contribution in [1.82, 2.24) is 0 Å². The second kappa shape index (κ2) is 4.25. The van der Waals surface area contributed by atoms with E-state index in [1.54, 1.807) is 24.3 Å². The van der Waals surface area contributed by atoms with E-state index in [1.165, 1.54) is 0 Å². The third-order valence-corrected chi connectivity index (χ3v) is 0.806. The highest BCUT2D eigenvalue weighted by atomic mass is 27.0. The van der Waals surface area contributed by atoms with E-state index in [9.17, 15) is 4.91 Å². The molecule has 0 saturated heterocycles. The molecule has 0 bridgehead atoms. The molecule has 9 heavy (non-hydrogen) atoms. The van der Waals surface area contributed by atoms with Gasteiger partial charge in [0.05, 0.1) is 0 Å². The van der Waals surface area contributed by atoms with Crippen molar-refractivity contribution < 1.29 is 0 Å². The fraction of sp³-hybridized carbons (Fsp3) is 0. The molecule has 1 rings (SSSR count). The molecule has 1 radical (unpaired) electrons. The predicted octanol–water partition coefficient (Wildman–Crippen LogP) is 0.701. The van der Waals surface area contributed by atoms with E-state index >= 15 is 0 Å². The molecule has 0 aliphatic heterocycles. The largest absolute Gasteiger partial charge is 0.187 e. The van der Waals surface area contributed by atoms with E-state index in [2.05, 4.69) is 11.2 Å². The number of nitrogens with zero attached hydrogens (tertiary/aromatic N) is 1. The molecule has 0 fully saturated rings. The Hall–Kier alpha value is -0.648. The molecule has 1 aromatic carbocycles. The van der Waals surface area contributed by atoms with Crippen LogP contribution in [-0.2, 0) is 0 Å². The molecule has 0 aliphatic rings. The van der Waals surface area contributed by atoms with Crippen LogP contribution in [-0.4, -0.2) is 17.4 Å². The zero-order chi connectivity index (χ0) is 5.82. The highest BCUT2D eigenvalue weighted by molar-refractivity contribution is 5.75. The maximum Gasteiger partial charge on any atom is 0.187 e. The summed E-state index contributed by atoms with van der Waals surface area (Å²) in [7, 11) is 0. The zero-order valence-electron chi connectivity index (χ0n) is 4.16. The maximum atomic E-state index is 9.74. The minimum atomic E-state index is 0. The fourth-order valence-electron chi connectivity index (χ4n) is 0.439. The molecule has 0 atom stereocenters. The Bertz CT molecular complexity index is 176. The van der Waals surface area contributed by atoms with E-state index in [-0.39, 0.29) is 17.4 Å². The van der Waals surface area contributed by atoms with Crippen LogP contribution < -0.4 is 0 Å². The van der Waals surface area contributed by atoms with Crippen molar-refractivity contribution in [3.63, 3.8) is 0 Å². The first kappa shape index (κ1) is 8.35. The van der Waals surface area contributed by atoms with Gasteiger partial charge in [0.25, 0.3) is 0 Å². The van der Waals surface area contributed by atoms with Gasteiger partial charge in [-0.1, -0.05) is 12.1 Å². The van der Waals surface area contributed by atoms with E-state index in [1.807, 2.05) is 0 Å². The molecular formula is C6H7AlNO. The first-order valence-electron chi connectivity index (χ1n) is 2.23. The molecule has 3 heteroatoms. The summed E-state index contributed by atoms with van der Waals surface area (Å²) in [6, 6.07) is 9.28. The number of hydrogen-bond acceptors (Lipinski definition) is 2. The number of benzene rings is 1. The molecule has 0 amide bonds. The Morgan fingerprint density at radius 1 is 1.33 bits per heavy atom. The summed E-state index contributed by atoms with van der Waals surface area (Å²) >= 11 is 0. The smallest absolute Gasteiger partial charge is 0.145 e. The third-order valence-electron chi connectivity index (χ3n) is 0.806. The average molecular weight is 136 g/mol. The van der Waals surface area contributed by atoms with Gasteiger partial charge < -0.3 is 0 Å². The molecule has 45 valence electrons. The molecule has 2 nitrogen and oxygen atoms in total. The quantitative estimate of drug-likeness (QED) is 0.412. The standard InChI is InChI=1S/C6H4NO.Al.3H/c8-7-6-4-2-1-3-5-6;;;;/h2-5H;;;;. The summed E-state index contributed by atoms with van der Waals surface area (Å²) in [5.41, 5.74) is 0.448. The van der Waals surface area contributed by atoms with Crippen LogP contribution in [0.2, 0.25) is 0 Å². The van der Waals surface area contributed by atoms with Crippen molar-refractivity contribution >= 4 is 23.0 Å². The van der Waals surface area contributed by atoms with Gasteiger partial charge in [-0.3, -0.25) is 0 Å². The summed E-state index contributed by atoms with van der Waals surface area (Å²) in [4.78, 5) is 9.74. The summed E-state index contributed by atoms with van der Waals surface area (Å²) in [6.45, 7) is 0. The average Bonchev–Trinajstić information content (AvgIpc) is 1.90. The lowest BCUT2D eigenvalue weighted by Crippen LogP contribution is -1.57. The second-order valence-electron chi connectivity index (χ2n) is 1.35. The molecule has 0 spiro atoms. The van der Waals surface area contributed by atoms with Crippen LogP contribution in [0.15, 0.2) is 29.4 Å². The van der Waals surface area contributed by atoms with Crippen LogP contribution in [0, 0.1) is 11.0 Å². The lowest BCUT2D eigenvalue weighted by atomic mass is 10.3. The molecule has 0 aromatic heterocycles. The minimum absolute atomic E-state index is 0. The van der Waals surface area contributed by atoms with Crippen molar-refractivity contribution in [1.29, 1.82) is 0 Å². The molecule has 0 unspecified atom stereocenters. The van der Waals surface area contributed by atoms with Gasteiger partial charge in [0.2, 0.25) is 0 Å². The summed E-state index contributed by atoms with van der Waals surface area (Å²) in [5.74, 6) is 0. The molecule has 0 N–H and O–H groups in total. The van der Waals surface area contributed by atoms with Crippen LogP contribution in [0.3, 0.4) is 0 Å². The van der Waals surface area contributed by atoms with Gasteiger partial charge in [-0.15, -0.1) is 4.91 Å². The van der Waals surface area contributed by atoms with Gasteiger partial charge in [-0.25, -0.2) is 0 Å². The van der Waals surface area contributed by atoms with Crippen molar-refractivity contribution in [2.45, 2.75) is 0 Å². The van der Waals surface area contributed by atoms with Crippen molar-refractivity contribution in [3.8, 4) is 0 Å². The topological polar surface area (TPSA) is 29.4 Å². The summed E-state index contributed by atoms with van der Waals surface area (Å²) < 4.78 is 0. The predicted molar refractivity (Wildman–Crippen MR) is 40.7 cm³/mol. The third kappa shape index (κ3) is 2.41. The summed E-state index contributed by atoms with van der Waals surface area (Å²) in [5, 5.41) is 2.70. The first-order valence-corrected chi connectivity index (χ1v) is 2.23. The summed E-state index contributed by atoms with van der Waals surface area (Å²) in [6.07, 6.45) is 0. The molecular weight excluding hydrogens is 129 g/mol. The van der Waals surface area contributed by atoms with Gasteiger partial charge in [-0.05, 0) is 23.4 Å². The highest BCUT2D eigenvalue weighted by Crippen LogP contribution is 2.06. The van der Waals surface area contributed by atoms with Gasteiger partial charge >= 0.3 is 0 Å². The minimum Gasteiger partial charge on any atom is -0.145 e. The van der Waals surface area contributed by atoms with Crippen LogP contribution in [0.4, 0.5) is 5.69 Å². The van der Waals surface area contributed by atoms with E-state index in [4.69, 9.17) is 0 Å². The van der Waals surface area contributed by atoms with Crippen LogP contribution >= 0.6 is 0 Å². The number of hydrogen-bond donors (Lipinski definition) is 0. The maximum absolute atomic E-state index is 9.74. The lowest BCUT2D eigenvalue weighted by molar-refractivity contribution is 1.50. The second-order valence-corrected chi connectivity index (χ2v) is 1.35. The Kier molecular flexibility index (Phi) is 3.95. The molecule has 0 heterocycles. The van der Waals surface area contributed by atoms with Gasteiger partial charge in [-0.2, -0.15) is 0 Å². The normalized spacial score (nSPS) is 7.56. The number of rotatable bonds is 1. The van der Waals surface area contributed by atoms with E-state index in [0.29, 0.717) is 5.69 Å². The van der Waals surface area contributed by atoms with Crippen LogP contribution in [0.1, 0.15) is 0 Å². The number of nitroso groups, excluding NO2 is 1. The van der Waals surface area contributed by atoms with E-state index < -0.39 is 0 Å².